The third-order valence-electron chi connectivity index (χ3n) is 2.13. The Kier molecular flexibility index (Phi) is 2.56. The number of aromatic nitrogens is 2. The third kappa shape index (κ3) is 1.86. The van der Waals surface area contributed by atoms with E-state index >= 15 is 0 Å². The van der Waals surface area contributed by atoms with Crippen LogP contribution in [0.5, 0.6) is 0 Å². The molecule has 0 spiro atoms. The highest BCUT2D eigenvalue weighted by molar-refractivity contribution is 6.16. The molecule has 78 valence electrons. The summed E-state index contributed by atoms with van der Waals surface area (Å²) in [6.07, 6.45) is 6.18. The lowest BCUT2D eigenvalue weighted by molar-refractivity contribution is -0.118. The molecule has 0 saturated carbocycles. The number of allylic oxidation sites excluding steroid dienone is 1. The molecule has 16 heavy (non-hydrogen) atoms. The minimum Gasteiger partial charge on any atom is -0.271 e. The number of hydrogen-bond acceptors (Lipinski definition) is 4. The summed E-state index contributed by atoms with van der Waals surface area (Å²) in [5.41, 5.74) is 2.05. The van der Waals surface area contributed by atoms with Crippen LogP contribution in [0.1, 0.15) is 11.4 Å². The Morgan fingerprint density at radius 2 is 2.25 bits per heavy atom. The van der Waals surface area contributed by atoms with Gasteiger partial charge in [-0.1, -0.05) is 0 Å². The molecule has 1 aliphatic rings. The maximum absolute atomic E-state index is 11.2. The van der Waals surface area contributed by atoms with E-state index in [2.05, 4.69) is 15.0 Å². The third-order valence-corrected chi connectivity index (χ3v) is 2.13. The van der Waals surface area contributed by atoms with Crippen molar-refractivity contribution in [1.29, 1.82) is 5.26 Å². The Labute approximate surface area is 92.2 Å². The Bertz CT molecular complexity index is 539. The molecule has 0 bridgehead atoms. The molecule has 2 heterocycles. The minimum absolute atomic E-state index is 0.438. The predicted octanol–water partition coefficient (Wildman–Crippen LogP) is 0.919. The summed E-state index contributed by atoms with van der Waals surface area (Å²) < 4.78 is 0. The normalized spacial score (nSPS) is 19.1. The van der Waals surface area contributed by atoms with E-state index in [-0.39, 0.29) is 0 Å². The van der Waals surface area contributed by atoms with E-state index in [9.17, 15) is 4.79 Å². The maximum atomic E-state index is 11.2. The van der Waals surface area contributed by atoms with Gasteiger partial charge in [-0.3, -0.25) is 9.78 Å². The van der Waals surface area contributed by atoms with Crippen molar-refractivity contribution in [2.75, 3.05) is 0 Å². The maximum Gasteiger partial charge on any atom is 0.266 e. The Hall–Kier alpha value is -2.35. The molecular formula is C11H8N4O. The molecule has 1 amide bonds. The van der Waals surface area contributed by atoms with Gasteiger partial charge in [-0.2, -0.15) is 5.26 Å². The van der Waals surface area contributed by atoms with Gasteiger partial charge in [0.05, 0.1) is 23.7 Å². The van der Waals surface area contributed by atoms with Crippen LogP contribution < -0.4 is 0 Å². The van der Waals surface area contributed by atoms with Gasteiger partial charge >= 0.3 is 0 Å². The van der Waals surface area contributed by atoms with E-state index in [4.69, 9.17) is 5.26 Å². The summed E-state index contributed by atoms with van der Waals surface area (Å²) in [6.45, 7) is 1.82. The van der Waals surface area contributed by atoms with Crippen LogP contribution in [-0.2, 0) is 4.79 Å². The fourth-order valence-electron chi connectivity index (χ4n) is 1.35. The van der Waals surface area contributed by atoms with Gasteiger partial charge in [-0.05, 0) is 13.0 Å². The molecular weight excluding hydrogens is 204 g/mol. The van der Waals surface area contributed by atoms with Crippen LogP contribution in [0, 0.1) is 24.2 Å². The number of carbonyl (C=O) groups is 1. The number of nitrogens with zero attached hydrogens (tertiary/aromatic N) is 4. The standard InChI is InChI=1S/C11H8N4O/c1-7-4-13-6-10(15-7)9-2-8(3-12)11(16)14-5-9/h2,4-6,8H,1H3. The van der Waals surface area contributed by atoms with Crippen molar-refractivity contribution < 1.29 is 4.79 Å². The van der Waals surface area contributed by atoms with Gasteiger partial charge < -0.3 is 0 Å². The van der Waals surface area contributed by atoms with E-state index in [1.807, 2.05) is 13.0 Å². The van der Waals surface area contributed by atoms with Gasteiger partial charge in [-0.25, -0.2) is 9.98 Å². The Balaban J connectivity index is 2.40. The first-order valence-corrected chi connectivity index (χ1v) is 4.69. The van der Waals surface area contributed by atoms with Crippen molar-refractivity contribution in [2.24, 2.45) is 10.9 Å². The van der Waals surface area contributed by atoms with Crippen LogP contribution >= 0.6 is 0 Å². The van der Waals surface area contributed by atoms with Crippen LogP contribution in [0.3, 0.4) is 0 Å². The highest BCUT2D eigenvalue weighted by Crippen LogP contribution is 2.17. The van der Waals surface area contributed by atoms with Gasteiger partial charge in [0.15, 0.2) is 0 Å². The zero-order valence-corrected chi connectivity index (χ0v) is 8.58. The average Bonchev–Trinajstić information content (AvgIpc) is 2.29. The van der Waals surface area contributed by atoms with Crippen molar-refractivity contribution in [2.45, 2.75) is 6.92 Å². The molecule has 5 heteroatoms. The quantitative estimate of drug-likeness (QED) is 0.693. The lowest BCUT2D eigenvalue weighted by atomic mass is 10.0. The van der Waals surface area contributed by atoms with E-state index in [1.54, 1.807) is 18.5 Å². The number of rotatable bonds is 1. The average molecular weight is 212 g/mol. The number of carbonyl (C=O) groups excluding carboxylic acids is 1. The van der Waals surface area contributed by atoms with Crippen LogP contribution in [0.25, 0.3) is 5.57 Å². The summed E-state index contributed by atoms with van der Waals surface area (Å²) in [5, 5.41) is 8.76. The largest absolute Gasteiger partial charge is 0.271 e. The van der Waals surface area contributed by atoms with Crippen molar-refractivity contribution >= 4 is 17.7 Å². The molecule has 0 saturated heterocycles. The van der Waals surface area contributed by atoms with Gasteiger partial charge in [0.2, 0.25) is 0 Å². The van der Waals surface area contributed by atoms with Crippen molar-refractivity contribution in [3.8, 4) is 6.07 Å². The summed E-state index contributed by atoms with van der Waals surface area (Å²) in [7, 11) is 0. The molecule has 5 nitrogen and oxygen atoms in total. The molecule has 1 unspecified atom stereocenters. The van der Waals surface area contributed by atoms with Gasteiger partial charge in [-0.15, -0.1) is 0 Å². The molecule has 0 aromatic carbocycles. The van der Waals surface area contributed by atoms with Crippen LogP contribution in [0.2, 0.25) is 0 Å². The molecule has 1 aliphatic heterocycles. The summed E-state index contributed by atoms with van der Waals surface area (Å²) in [4.78, 5) is 23.1. The summed E-state index contributed by atoms with van der Waals surface area (Å²) in [5.74, 6) is -1.26. The van der Waals surface area contributed by atoms with E-state index in [0.717, 1.165) is 5.69 Å². The first kappa shape index (κ1) is 10.2. The lowest BCUT2D eigenvalue weighted by Gasteiger charge is -2.08. The van der Waals surface area contributed by atoms with Crippen molar-refractivity contribution in [1.82, 2.24) is 9.97 Å². The number of nitriles is 1. The van der Waals surface area contributed by atoms with Gasteiger partial charge in [0.25, 0.3) is 5.91 Å². The molecule has 0 fully saturated rings. The monoisotopic (exact) mass is 212 g/mol. The summed E-state index contributed by atoms with van der Waals surface area (Å²) >= 11 is 0. The zero-order valence-electron chi connectivity index (χ0n) is 8.58. The van der Waals surface area contributed by atoms with Crippen LogP contribution in [-0.4, -0.2) is 22.1 Å². The van der Waals surface area contributed by atoms with Crippen LogP contribution in [0.15, 0.2) is 23.5 Å². The summed E-state index contributed by atoms with van der Waals surface area (Å²) in [6, 6.07) is 1.88. The minimum atomic E-state index is -0.817. The van der Waals surface area contributed by atoms with E-state index in [1.165, 1.54) is 6.21 Å². The SMILES string of the molecule is Cc1cncc(C2=CC(C#N)C(=O)N=C2)n1. The van der Waals surface area contributed by atoms with Gasteiger partial charge in [0.1, 0.15) is 5.92 Å². The predicted molar refractivity (Wildman–Crippen MR) is 57.3 cm³/mol. The molecule has 0 N–H and O–H groups in total. The molecule has 1 aromatic heterocycles. The van der Waals surface area contributed by atoms with Crippen LogP contribution in [0.4, 0.5) is 0 Å². The lowest BCUT2D eigenvalue weighted by Crippen LogP contribution is -2.13. The topological polar surface area (TPSA) is 79.0 Å². The first-order chi connectivity index (χ1) is 7.70. The second kappa shape index (κ2) is 4.03. The highest BCUT2D eigenvalue weighted by Gasteiger charge is 2.19. The second-order valence-electron chi connectivity index (χ2n) is 3.37. The Morgan fingerprint density at radius 3 is 2.94 bits per heavy atom. The van der Waals surface area contributed by atoms with E-state index in [0.29, 0.717) is 11.3 Å². The molecule has 1 atom stereocenters. The molecule has 2 rings (SSSR count). The number of hydrogen-bond donors (Lipinski definition) is 0. The number of dihydropyridines is 1. The fourth-order valence-corrected chi connectivity index (χ4v) is 1.35. The first-order valence-electron chi connectivity index (χ1n) is 4.69. The molecule has 1 aromatic rings. The second-order valence-corrected chi connectivity index (χ2v) is 3.37. The number of aliphatic imine (C=N–C) groups is 1. The highest BCUT2D eigenvalue weighted by atomic mass is 16.1. The molecule has 0 aliphatic carbocycles. The van der Waals surface area contributed by atoms with Gasteiger partial charge in [0, 0.05) is 18.0 Å². The van der Waals surface area contributed by atoms with Crippen molar-refractivity contribution in [3.63, 3.8) is 0 Å². The number of aryl methyl sites for hydroxylation is 1. The smallest absolute Gasteiger partial charge is 0.266 e. The zero-order chi connectivity index (χ0) is 11.5. The van der Waals surface area contributed by atoms with Crippen molar-refractivity contribution in [3.05, 3.63) is 29.9 Å². The Morgan fingerprint density at radius 1 is 1.44 bits per heavy atom. The number of amides is 1. The fraction of sp³-hybridized carbons (Fsp3) is 0.182. The molecule has 0 radical (unpaired) electrons. The van der Waals surface area contributed by atoms with E-state index < -0.39 is 11.8 Å².